The van der Waals surface area contributed by atoms with Gasteiger partial charge in [0.05, 0.1) is 11.9 Å². The van der Waals surface area contributed by atoms with Crippen molar-refractivity contribution in [2.75, 3.05) is 0 Å². The van der Waals surface area contributed by atoms with Crippen LogP contribution < -0.4 is 4.74 Å². The van der Waals surface area contributed by atoms with E-state index >= 15 is 0 Å². The summed E-state index contributed by atoms with van der Waals surface area (Å²) in [5.74, 6) is -0.545. The first-order valence-corrected chi connectivity index (χ1v) is 8.61. The number of hydrogen-bond acceptors (Lipinski definition) is 3. The molecule has 130 valence electrons. The Morgan fingerprint density at radius 2 is 2.00 bits per heavy atom. The smallest absolute Gasteiger partial charge is 0.423 e. The van der Waals surface area contributed by atoms with Gasteiger partial charge in [-0.05, 0) is 48.0 Å². The maximum Gasteiger partial charge on any atom is 0.423 e. The Labute approximate surface area is 156 Å². The highest BCUT2D eigenvalue weighted by molar-refractivity contribution is 9.10. The summed E-state index contributed by atoms with van der Waals surface area (Å²) in [6, 6.07) is 12.5. The molecule has 0 amide bonds. The lowest BCUT2D eigenvalue weighted by Crippen LogP contribution is -2.15. The van der Waals surface area contributed by atoms with E-state index in [1.807, 2.05) is 18.3 Å². The number of carboxylic acids is 1. The van der Waals surface area contributed by atoms with Crippen molar-refractivity contribution in [2.24, 2.45) is 0 Å². The van der Waals surface area contributed by atoms with E-state index in [4.69, 9.17) is 9.84 Å². The van der Waals surface area contributed by atoms with Crippen molar-refractivity contribution < 1.29 is 19.4 Å². The molecule has 0 radical (unpaired) electrons. The summed E-state index contributed by atoms with van der Waals surface area (Å²) < 4.78 is 7.63. The Morgan fingerprint density at radius 1 is 1.15 bits per heavy atom. The topological polar surface area (TPSA) is 84.3 Å². The van der Waals surface area contributed by atoms with E-state index < -0.39 is 12.1 Å². The summed E-state index contributed by atoms with van der Waals surface area (Å²) in [5.41, 5.74) is 2.09. The van der Waals surface area contributed by atoms with Gasteiger partial charge in [-0.15, -0.1) is 0 Å². The summed E-state index contributed by atoms with van der Waals surface area (Å²) in [5, 5.41) is 10.7. The molecule has 0 fully saturated rings. The first-order chi connectivity index (χ1) is 12.5. The molecule has 4 rings (SSSR count). The number of aromatic amines is 1. The zero-order chi connectivity index (χ0) is 18.3. The average molecular weight is 413 g/mol. The molecule has 0 unspecified atom stereocenters. The highest BCUT2D eigenvalue weighted by Crippen LogP contribution is 2.27. The van der Waals surface area contributed by atoms with Crippen LogP contribution in [0, 0.1) is 0 Å². The molecule has 0 aliphatic carbocycles. The Bertz CT molecular complexity index is 1160. The average Bonchev–Trinajstić information content (AvgIpc) is 3.19. The van der Waals surface area contributed by atoms with Crippen LogP contribution in [0.4, 0.5) is 4.79 Å². The fraction of sp³-hybridized carbons (Fsp3) is 0.0526. The number of carbonyl (C=O) groups excluding carboxylic acids is 1. The third-order valence-electron chi connectivity index (χ3n) is 4.12. The number of ether oxygens (including phenoxy) is 1. The first-order valence-electron chi connectivity index (χ1n) is 7.82. The molecule has 0 saturated carbocycles. The normalized spacial score (nSPS) is 11.1. The number of carbonyl (C=O) groups is 2. The molecule has 6 nitrogen and oxygen atoms in total. The monoisotopic (exact) mass is 412 g/mol. The van der Waals surface area contributed by atoms with E-state index in [1.165, 1.54) is 10.8 Å². The molecular weight excluding hydrogens is 400 g/mol. The molecule has 2 aromatic heterocycles. The summed E-state index contributed by atoms with van der Waals surface area (Å²) in [7, 11) is 0. The lowest BCUT2D eigenvalue weighted by atomic mass is 10.1. The molecule has 0 saturated heterocycles. The van der Waals surface area contributed by atoms with Crippen molar-refractivity contribution in [3.8, 4) is 5.75 Å². The predicted octanol–water partition coefficient (Wildman–Crippen LogP) is 4.56. The van der Waals surface area contributed by atoms with Crippen LogP contribution in [0.25, 0.3) is 21.8 Å². The summed E-state index contributed by atoms with van der Waals surface area (Å²) in [6.45, 7) is 0. The summed E-state index contributed by atoms with van der Waals surface area (Å²) >= 11 is 3.38. The molecule has 7 heteroatoms. The number of H-pyrrole nitrogens is 1. The van der Waals surface area contributed by atoms with E-state index in [9.17, 15) is 9.59 Å². The zero-order valence-corrected chi connectivity index (χ0v) is 15.0. The maximum absolute atomic E-state index is 12.7. The Hall–Kier alpha value is -3.06. The summed E-state index contributed by atoms with van der Waals surface area (Å²) in [6.07, 6.45) is 2.56. The molecule has 0 aliphatic heterocycles. The molecule has 0 aliphatic rings. The second kappa shape index (κ2) is 6.34. The van der Waals surface area contributed by atoms with Gasteiger partial charge in [-0.25, -0.2) is 4.79 Å². The third-order valence-corrected chi connectivity index (χ3v) is 4.61. The van der Waals surface area contributed by atoms with Gasteiger partial charge in [0.2, 0.25) is 0 Å². The van der Waals surface area contributed by atoms with Crippen molar-refractivity contribution in [1.82, 2.24) is 9.55 Å². The predicted molar refractivity (Wildman–Crippen MR) is 101 cm³/mol. The van der Waals surface area contributed by atoms with Gasteiger partial charge >= 0.3 is 12.1 Å². The van der Waals surface area contributed by atoms with E-state index in [-0.39, 0.29) is 6.42 Å². The molecule has 0 spiro atoms. The second-order valence-electron chi connectivity index (χ2n) is 5.85. The van der Waals surface area contributed by atoms with Gasteiger partial charge in [0.15, 0.2) is 0 Å². The van der Waals surface area contributed by atoms with Crippen LogP contribution in [-0.4, -0.2) is 26.7 Å². The first kappa shape index (κ1) is 16.4. The molecule has 4 aromatic rings. The molecule has 0 bridgehead atoms. The van der Waals surface area contributed by atoms with Crippen LogP contribution in [-0.2, 0) is 11.2 Å². The fourth-order valence-corrected chi connectivity index (χ4v) is 3.33. The van der Waals surface area contributed by atoms with Crippen LogP contribution in [0.3, 0.4) is 0 Å². The lowest BCUT2D eigenvalue weighted by Gasteiger charge is -2.06. The highest BCUT2D eigenvalue weighted by Gasteiger charge is 2.17. The van der Waals surface area contributed by atoms with Crippen LogP contribution in [0.15, 0.2) is 59.3 Å². The Kier molecular flexibility index (Phi) is 4.00. The molecule has 0 atom stereocenters. The maximum atomic E-state index is 12.7. The van der Waals surface area contributed by atoms with Crippen LogP contribution in [0.2, 0.25) is 0 Å². The number of carboxylic acid groups (broad SMARTS) is 1. The number of rotatable bonds is 3. The van der Waals surface area contributed by atoms with Gasteiger partial charge < -0.3 is 14.8 Å². The van der Waals surface area contributed by atoms with Crippen LogP contribution in [0.1, 0.15) is 5.56 Å². The Balaban J connectivity index is 1.72. The van der Waals surface area contributed by atoms with Crippen molar-refractivity contribution in [2.45, 2.75) is 6.42 Å². The van der Waals surface area contributed by atoms with Gasteiger partial charge in [0.25, 0.3) is 0 Å². The quantitative estimate of drug-likeness (QED) is 0.516. The standard InChI is InChI=1S/C19H13BrN2O4/c20-13-1-4-17-15(9-13)12(8-18(23)24)10-22(17)19(25)26-14-2-3-16-11(7-14)5-6-21-16/h1-7,9-10,21H,8H2,(H,23,24). The van der Waals surface area contributed by atoms with Gasteiger partial charge in [0.1, 0.15) is 5.75 Å². The lowest BCUT2D eigenvalue weighted by molar-refractivity contribution is -0.136. The minimum absolute atomic E-state index is 0.178. The minimum atomic E-state index is -0.963. The van der Waals surface area contributed by atoms with Gasteiger partial charge in [-0.2, -0.15) is 0 Å². The number of halogens is 1. The fourth-order valence-electron chi connectivity index (χ4n) is 2.97. The van der Waals surface area contributed by atoms with E-state index in [0.29, 0.717) is 22.2 Å². The van der Waals surface area contributed by atoms with E-state index in [0.717, 1.165) is 15.4 Å². The molecular formula is C19H13BrN2O4. The Morgan fingerprint density at radius 3 is 2.81 bits per heavy atom. The molecule has 2 heterocycles. The summed E-state index contributed by atoms with van der Waals surface area (Å²) in [4.78, 5) is 26.9. The van der Waals surface area contributed by atoms with Gasteiger partial charge in [0, 0.05) is 33.2 Å². The molecule has 2 N–H and O–H groups in total. The van der Waals surface area contributed by atoms with Gasteiger partial charge in [-0.3, -0.25) is 9.36 Å². The number of nitrogens with zero attached hydrogens (tertiary/aromatic N) is 1. The SMILES string of the molecule is O=C(O)Cc1cn(C(=O)Oc2ccc3[nH]ccc3c2)c2ccc(Br)cc12. The second-order valence-corrected chi connectivity index (χ2v) is 6.77. The van der Waals surface area contributed by atoms with Gasteiger partial charge in [-0.1, -0.05) is 15.9 Å². The molecule has 26 heavy (non-hydrogen) atoms. The molecule has 2 aromatic carbocycles. The third kappa shape index (κ3) is 2.97. The largest absolute Gasteiger partial charge is 0.481 e. The van der Waals surface area contributed by atoms with E-state index in [2.05, 4.69) is 20.9 Å². The highest BCUT2D eigenvalue weighted by atomic mass is 79.9. The minimum Gasteiger partial charge on any atom is -0.481 e. The number of benzene rings is 2. The van der Waals surface area contributed by atoms with Crippen LogP contribution in [0.5, 0.6) is 5.75 Å². The number of fused-ring (bicyclic) bond motifs is 2. The number of nitrogens with one attached hydrogen (secondary N) is 1. The zero-order valence-electron chi connectivity index (χ0n) is 13.4. The number of aliphatic carboxylic acids is 1. The van der Waals surface area contributed by atoms with Crippen molar-refractivity contribution in [3.63, 3.8) is 0 Å². The number of aromatic nitrogens is 2. The van der Waals surface area contributed by atoms with Crippen molar-refractivity contribution in [1.29, 1.82) is 0 Å². The van der Waals surface area contributed by atoms with E-state index in [1.54, 1.807) is 30.3 Å². The van der Waals surface area contributed by atoms with Crippen LogP contribution >= 0.6 is 15.9 Å². The van der Waals surface area contributed by atoms with Crippen molar-refractivity contribution >= 4 is 49.8 Å². The number of hydrogen-bond donors (Lipinski definition) is 2. The van der Waals surface area contributed by atoms with Crippen molar-refractivity contribution in [3.05, 3.63) is 64.9 Å².